The fraction of sp³-hybridized carbons (Fsp3) is 0.889. The van der Waals surface area contributed by atoms with Crippen molar-refractivity contribution in [2.45, 2.75) is 32.9 Å². The van der Waals surface area contributed by atoms with Crippen molar-refractivity contribution in [1.29, 1.82) is 0 Å². The number of esters is 1. The Bertz CT molecular complexity index is 160. The number of rotatable bonds is 5. The van der Waals surface area contributed by atoms with E-state index in [1.54, 1.807) is 0 Å². The molecule has 78 valence electrons. The van der Waals surface area contributed by atoms with E-state index in [4.69, 9.17) is 5.73 Å². The molecule has 0 bridgehead atoms. The molecule has 0 fully saturated rings. The first-order valence-electron chi connectivity index (χ1n) is 4.62. The summed E-state index contributed by atoms with van der Waals surface area (Å²) in [5.74, 6) is -0.252. The zero-order valence-corrected chi connectivity index (χ0v) is 8.91. The average molecular weight is 188 g/mol. The van der Waals surface area contributed by atoms with Gasteiger partial charge in [0.25, 0.3) is 0 Å². The van der Waals surface area contributed by atoms with Crippen molar-refractivity contribution in [2.24, 2.45) is 5.73 Å². The molecule has 4 heteroatoms. The Morgan fingerprint density at radius 1 is 1.54 bits per heavy atom. The van der Waals surface area contributed by atoms with Gasteiger partial charge in [0.2, 0.25) is 0 Å². The summed E-state index contributed by atoms with van der Waals surface area (Å²) in [7, 11) is 1.39. The first-order valence-corrected chi connectivity index (χ1v) is 4.62. The van der Waals surface area contributed by atoms with E-state index < -0.39 is 0 Å². The van der Waals surface area contributed by atoms with Crippen LogP contribution in [-0.2, 0) is 9.53 Å². The van der Waals surface area contributed by atoms with Crippen LogP contribution in [0.3, 0.4) is 0 Å². The lowest BCUT2D eigenvalue weighted by atomic mass is 10.2. The number of ether oxygens (including phenoxy) is 1. The van der Waals surface area contributed by atoms with Crippen LogP contribution in [0.4, 0.5) is 0 Å². The summed E-state index contributed by atoms with van der Waals surface area (Å²) in [5, 5.41) is 0. The van der Waals surface area contributed by atoms with Gasteiger partial charge < -0.3 is 10.5 Å². The van der Waals surface area contributed by atoms with Gasteiger partial charge in [0, 0.05) is 12.6 Å². The topological polar surface area (TPSA) is 55.6 Å². The molecular formula is C9H20N2O2. The lowest BCUT2D eigenvalue weighted by Gasteiger charge is -2.31. The third-order valence-electron chi connectivity index (χ3n) is 2.13. The molecule has 0 aromatic carbocycles. The van der Waals surface area contributed by atoms with Crippen LogP contribution in [0.1, 0.15) is 20.8 Å². The van der Waals surface area contributed by atoms with Crippen molar-refractivity contribution >= 4 is 5.97 Å². The first kappa shape index (κ1) is 12.4. The normalized spacial score (nSPS) is 13.5. The predicted octanol–water partition coefficient (Wildman–Crippen LogP) is 0.217. The molecule has 0 spiro atoms. The van der Waals surface area contributed by atoms with E-state index in [1.807, 2.05) is 25.7 Å². The summed E-state index contributed by atoms with van der Waals surface area (Å²) < 4.78 is 4.68. The number of methoxy groups -OCH3 is 1. The Morgan fingerprint density at radius 3 is 2.31 bits per heavy atom. The summed E-state index contributed by atoms with van der Waals surface area (Å²) in [4.78, 5) is 13.3. The molecule has 0 saturated heterocycles. The summed E-state index contributed by atoms with van der Waals surface area (Å²) >= 11 is 0. The van der Waals surface area contributed by atoms with Crippen molar-refractivity contribution in [3.8, 4) is 0 Å². The third kappa shape index (κ3) is 3.32. The van der Waals surface area contributed by atoms with Crippen LogP contribution in [0.5, 0.6) is 0 Å². The van der Waals surface area contributed by atoms with Gasteiger partial charge in [-0.05, 0) is 20.4 Å². The highest BCUT2D eigenvalue weighted by Crippen LogP contribution is 2.05. The van der Waals surface area contributed by atoms with Crippen molar-refractivity contribution < 1.29 is 9.53 Å². The first-order chi connectivity index (χ1) is 6.08. The van der Waals surface area contributed by atoms with Gasteiger partial charge >= 0.3 is 5.97 Å². The molecule has 4 nitrogen and oxygen atoms in total. The van der Waals surface area contributed by atoms with E-state index in [2.05, 4.69) is 4.74 Å². The summed E-state index contributed by atoms with van der Waals surface area (Å²) in [5.41, 5.74) is 5.52. The molecule has 0 aromatic rings. The quantitative estimate of drug-likeness (QED) is 0.627. The van der Waals surface area contributed by atoms with Crippen molar-refractivity contribution in [1.82, 2.24) is 4.90 Å². The molecule has 0 saturated carbocycles. The molecule has 13 heavy (non-hydrogen) atoms. The molecule has 0 aliphatic carbocycles. The van der Waals surface area contributed by atoms with Gasteiger partial charge in [-0.25, -0.2) is 0 Å². The van der Waals surface area contributed by atoms with E-state index in [0.29, 0.717) is 12.6 Å². The van der Waals surface area contributed by atoms with Crippen LogP contribution in [0.25, 0.3) is 0 Å². The number of carbonyl (C=O) groups excluding carboxylic acids is 1. The Kier molecular flexibility index (Phi) is 5.66. The van der Waals surface area contributed by atoms with E-state index in [0.717, 1.165) is 6.54 Å². The van der Waals surface area contributed by atoms with E-state index in [1.165, 1.54) is 7.11 Å². The lowest BCUT2D eigenvalue weighted by molar-refractivity contribution is -0.147. The maximum Gasteiger partial charge on any atom is 0.324 e. The molecule has 0 aliphatic rings. The number of likely N-dealkylation sites (N-methyl/N-ethyl adjacent to an activating group) is 1. The maximum absolute atomic E-state index is 11.3. The molecule has 0 amide bonds. The van der Waals surface area contributed by atoms with Gasteiger partial charge in [-0.2, -0.15) is 0 Å². The van der Waals surface area contributed by atoms with E-state index in [9.17, 15) is 4.79 Å². The van der Waals surface area contributed by atoms with E-state index >= 15 is 0 Å². The van der Waals surface area contributed by atoms with Crippen LogP contribution in [0.2, 0.25) is 0 Å². The number of hydrogen-bond acceptors (Lipinski definition) is 4. The average Bonchev–Trinajstić information content (AvgIpc) is 2.12. The molecule has 1 unspecified atom stereocenters. The van der Waals surface area contributed by atoms with Crippen molar-refractivity contribution in [2.75, 3.05) is 20.2 Å². The Hall–Kier alpha value is -0.610. The minimum absolute atomic E-state index is 0.252. The second-order valence-corrected chi connectivity index (χ2v) is 3.20. The smallest absolute Gasteiger partial charge is 0.324 e. The largest absolute Gasteiger partial charge is 0.468 e. The Morgan fingerprint density at radius 2 is 2.08 bits per heavy atom. The SMILES string of the molecule is CCN(C(C)C)C(CN)C(=O)OC. The van der Waals surface area contributed by atoms with Crippen molar-refractivity contribution in [3.05, 3.63) is 0 Å². The van der Waals surface area contributed by atoms with Crippen LogP contribution >= 0.6 is 0 Å². The fourth-order valence-electron chi connectivity index (χ4n) is 1.45. The lowest BCUT2D eigenvalue weighted by Crippen LogP contribution is -2.49. The molecule has 0 heterocycles. The van der Waals surface area contributed by atoms with Crippen LogP contribution < -0.4 is 5.73 Å². The highest BCUT2D eigenvalue weighted by Gasteiger charge is 2.25. The minimum Gasteiger partial charge on any atom is -0.468 e. The molecule has 0 aliphatic heterocycles. The molecule has 0 rings (SSSR count). The van der Waals surface area contributed by atoms with Gasteiger partial charge in [0.05, 0.1) is 7.11 Å². The number of nitrogens with two attached hydrogens (primary N) is 1. The van der Waals surface area contributed by atoms with E-state index in [-0.39, 0.29) is 12.0 Å². The van der Waals surface area contributed by atoms with Gasteiger partial charge in [0.1, 0.15) is 6.04 Å². The van der Waals surface area contributed by atoms with Gasteiger partial charge in [-0.1, -0.05) is 6.92 Å². The molecule has 2 N–H and O–H groups in total. The number of hydrogen-bond donors (Lipinski definition) is 1. The molecular weight excluding hydrogens is 168 g/mol. The van der Waals surface area contributed by atoms with Crippen molar-refractivity contribution in [3.63, 3.8) is 0 Å². The summed E-state index contributed by atoms with van der Waals surface area (Å²) in [6, 6.07) is -0.00681. The fourth-order valence-corrected chi connectivity index (χ4v) is 1.45. The Balaban J connectivity index is 4.42. The number of carbonyl (C=O) groups is 1. The predicted molar refractivity (Wildman–Crippen MR) is 52.4 cm³/mol. The van der Waals surface area contributed by atoms with Gasteiger partial charge in [-0.3, -0.25) is 9.69 Å². The highest BCUT2D eigenvalue weighted by atomic mass is 16.5. The summed E-state index contributed by atoms with van der Waals surface area (Å²) in [6.07, 6.45) is 0. The summed E-state index contributed by atoms with van der Waals surface area (Å²) in [6.45, 7) is 7.18. The highest BCUT2D eigenvalue weighted by molar-refractivity contribution is 5.75. The maximum atomic E-state index is 11.3. The van der Waals surface area contributed by atoms with Crippen LogP contribution in [0.15, 0.2) is 0 Å². The Labute approximate surface area is 80.0 Å². The van der Waals surface area contributed by atoms with Crippen LogP contribution in [0, 0.1) is 0 Å². The zero-order chi connectivity index (χ0) is 10.4. The van der Waals surface area contributed by atoms with Gasteiger partial charge in [0.15, 0.2) is 0 Å². The third-order valence-corrected chi connectivity index (χ3v) is 2.13. The zero-order valence-electron chi connectivity index (χ0n) is 8.91. The van der Waals surface area contributed by atoms with Gasteiger partial charge in [-0.15, -0.1) is 0 Å². The molecule has 1 atom stereocenters. The van der Waals surface area contributed by atoms with Crippen LogP contribution in [-0.4, -0.2) is 43.2 Å². The second kappa shape index (κ2) is 5.94. The standard InChI is InChI=1S/C9H20N2O2/c1-5-11(7(2)3)8(6-10)9(12)13-4/h7-8H,5-6,10H2,1-4H3. The minimum atomic E-state index is -0.310. The molecule has 0 aromatic heterocycles. The second-order valence-electron chi connectivity index (χ2n) is 3.20. The monoisotopic (exact) mass is 188 g/mol. The molecule has 0 radical (unpaired) electrons. The number of nitrogens with zero attached hydrogens (tertiary/aromatic N) is 1.